The zero-order chi connectivity index (χ0) is 40.5. The lowest BCUT2D eigenvalue weighted by atomic mass is 9.81. The lowest BCUT2D eigenvalue weighted by molar-refractivity contribution is -0.535. The summed E-state index contributed by atoms with van der Waals surface area (Å²) in [6.45, 7) is 12.6. The van der Waals surface area contributed by atoms with Gasteiger partial charge in [-0.25, -0.2) is 0 Å². The van der Waals surface area contributed by atoms with E-state index in [1.165, 1.54) is 57.8 Å². The minimum Gasteiger partial charge on any atom is -0.481 e. The zero-order valence-corrected chi connectivity index (χ0v) is 35.8. The average Bonchev–Trinajstić information content (AvgIpc) is 3.06. The molecule has 0 heterocycles. The van der Waals surface area contributed by atoms with Gasteiger partial charge in [0.15, 0.2) is 0 Å². The summed E-state index contributed by atoms with van der Waals surface area (Å²) in [6.07, 6.45) is 26.7. The monoisotopic (exact) mass is 775 g/mol. The van der Waals surface area contributed by atoms with Gasteiger partial charge in [0.25, 0.3) is 0 Å². The largest absolute Gasteiger partial charge is 0.481 e. The van der Waals surface area contributed by atoms with Crippen molar-refractivity contribution in [3.63, 3.8) is 0 Å². The van der Waals surface area contributed by atoms with Gasteiger partial charge in [-0.05, 0) is 44.4 Å². The molecule has 314 valence electrons. The maximum atomic E-state index is 11.7. The van der Waals surface area contributed by atoms with Crippen LogP contribution in [0, 0.1) is 38.0 Å². The summed E-state index contributed by atoms with van der Waals surface area (Å²) in [7, 11) is 0. The van der Waals surface area contributed by atoms with Crippen molar-refractivity contribution < 1.29 is 29.6 Å². The minimum atomic E-state index is -0.753. The lowest BCUT2D eigenvalue weighted by Crippen LogP contribution is -2.40. The van der Waals surface area contributed by atoms with Crippen molar-refractivity contribution in [2.75, 3.05) is 0 Å². The minimum absolute atomic E-state index is 0.0194. The second-order valence-electron chi connectivity index (χ2n) is 16.4. The highest BCUT2D eigenvalue weighted by Crippen LogP contribution is 2.35. The number of rotatable bonds is 36. The summed E-state index contributed by atoms with van der Waals surface area (Å²) in [5.41, 5.74) is 0. The summed E-state index contributed by atoms with van der Waals surface area (Å²) in [5, 5.41) is 40.6. The van der Waals surface area contributed by atoms with Crippen molar-refractivity contribution in [3.05, 3.63) is 20.2 Å². The van der Waals surface area contributed by atoms with Crippen LogP contribution in [0.1, 0.15) is 221 Å². The Morgan fingerprint density at radius 1 is 0.547 bits per heavy atom. The summed E-state index contributed by atoms with van der Waals surface area (Å²) in [4.78, 5) is 44.1. The Morgan fingerprint density at radius 3 is 1.21 bits per heavy atom. The maximum absolute atomic E-state index is 11.7. The third kappa shape index (κ3) is 32.1. The van der Waals surface area contributed by atoms with E-state index < -0.39 is 24.0 Å². The zero-order valence-electron chi connectivity index (χ0n) is 34.9. The van der Waals surface area contributed by atoms with Crippen LogP contribution in [0.25, 0.3) is 0 Å². The highest BCUT2D eigenvalue weighted by atomic mass is 32.1. The van der Waals surface area contributed by atoms with Crippen molar-refractivity contribution in [2.24, 2.45) is 17.8 Å². The molecule has 0 aromatic carbocycles. The molecule has 0 bridgehead atoms. The molecule has 0 aromatic heterocycles. The van der Waals surface area contributed by atoms with Crippen molar-refractivity contribution in [1.29, 1.82) is 0 Å². The normalized spacial score (nSPS) is 13.9. The van der Waals surface area contributed by atoms with Gasteiger partial charge in [0.2, 0.25) is 12.1 Å². The van der Waals surface area contributed by atoms with E-state index in [2.05, 4.69) is 27.7 Å². The molecule has 4 unspecified atom stereocenters. The Bertz CT molecular complexity index is 927. The molecule has 0 spiro atoms. The molecule has 0 fully saturated rings. The first-order valence-electron chi connectivity index (χ1n) is 21.5. The number of aliphatic carboxylic acids is 2. The molecule has 0 amide bonds. The molecule has 0 saturated carbocycles. The Hall–Kier alpha value is -1.91. The molecule has 0 aliphatic heterocycles. The number of thiol groups is 1. The van der Waals surface area contributed by atoms with E-state index in [0.717, 1.165) is 83.5 Å². The topological polar surface area (TPSA) is 161 Å². The van der Waals surface area contributed by atoms with Gasteiger partial charge in [0.05, 0.1) is 0 Å². The van der Waals surface area contributed by atoms with Gasteiger partial charge in [-0.15, -0.1) is 0 Å². The van der Waals surface area contributed by atoms with Gasteiger partial charge in [-0.1, -0.05) is 157 Å². The first-order chi connectivity index (χ1) is 25.1. The van der Waals surface area contributed by atoms with Crippen molar-refractivity contribution >= 4 is 24.6 Å². The van der Waals surface area contributed by atoms with Crippen LogP contribution in [-0.2, 0) is 9.59 Å². The molecular weight excluding hydrogens is 693 g/mol. The van der Waals surface area contributed by atoms with E-state index >= 15 is 0 Å². The fourth-order valence-corrected chi connectivity index (χ4v) is 7.84. The van der Waals surface area contributed by atoms with Gasteiger partial charge >= 0.3 is 11.9 Å². The van der Waals surface area contributed by atoms with Gasteiger partial charge in [0.1, 0.15) is 0 Å². The molecule has 53 heavy (non-hydrogen) atoms. The number of hydrogen-bond donors (Lipinski definition) is 3. The van der Waals surface area contributed by atoms with Crippen LogP contribution < -0.4 is 0 Å². The van der Waals surface area contributed by atoms with Crippen molar-refractivity contribution in [3.8, 4) is 0 Å². The van der Waals surface area contributed by atoms with E-state index in [-0.39, 0.29) is 39.3 Å². The van der Waals surface area contributed by atoms with Crippen LogP contribution in [0.3, 0.4) is 0 Å². The molecule has 0 aliphatic carbocycles. The number of carboxylic acids is 2. The number of nitrogens with zero attached hydrogens (tertiary/aromatic N) is 2. The number of carbonyl (C=O) groups is 2. The first-order valence-corrected chi connectivity index (χ1v) is 22.0. The average molecular weight is 775 g/mol. The number of nitro groups is 2. The molecular formula is C42H82N2O8S. The molecule has 0 aliphatic rings. The number of unbranched alkanes of at least 4 members (excludes halogenated alkanes) is 18. The van der Waals surface area contributed by atoms with Gasteiger partial charge in [-0.3, -0.25) is 29.8 Å². The second kappa shape index (κ2) is 34.6. The van der Waals surface area contributed by atoms with Crippen LogP contribution in [0.2, 0.25) is 0 Å². The van der Waals surface area contributed by atoms with Crippen molar-refractivity contribution in [1.82, 2.24) is 0 Å². The summed E-state index contributed by atoms with van der Waals surface area (Å²) in [5.74, 6) is -1.00. The standard InChI is InChI=1S/C21H41NO4S.C21H41NO4/c1-4-5-6-7-9-12-15-18(21(2,3)27)19(22(25)26)16-13-10-8-11-14-17-20(23)24;1-4-5-6-7-9-12-15-19(18(2)3)20(22(25)26)16-13-10-8-11-14-17-21(23)24/h18-19,27H,4-17H2,1-3H3,(H,23,24);18-20H,4-17H2,1-3H3,(H,23,24). The molecule has 11 heteroatoms. The SMILES string of the molecule is CCCCCCCCC(C(C)C)C(CCCCCCCC(=O)O)[N+](=O)[O-].CCCCCCCCC(C(CCCCCCCC(=O)O)[N+](=O)[O-])C(C)(C)S. The predicted octanol–water partition coefficient (Wildman–Crippen LogP) is 13.0. The maximum Gasteiger partial charge on any atom is 0.303 e. The van der Waals surface area contributed by atoms with E-state index in [4.69, 9.17) is 22.8 Å². The van der Waals surface area contributed by atoms with Crippen LogP contribution in [0.5, 0.6) is 0 Å². The Balaban J connectivity index is 0. The van der Waals surface area contributed by atoms with Gasteiger partial charge in [-0.2, -0.15) is 12.6 Å². The molecule has 10 nitrogen and oxygen atoms in total. The van der Waals surface area contributed by atoms with E-state index in [0.29, 0.717) is 31.6 Å². The molecule has 0 rings (SSSR count). The highest BCUT2D eigenvalue weighted by Gasteiger charge is 2.39. The highest BCUT2D eigenvalue weighted by molar-refractivity contribution is 7.81. The fraction of sp³-hybridized carbons (Fsp3) is 0.952. The summed E-state index contributed by atoms with van der Waals surface area (Å²) < 4.78 is -0.358. The quantitative estimate of drug-likeness (QED) is 0.0245. The van der Waals surface area contributed by atoms with Crippen molar-refractivity contribution in [2.45, 2.75) is 238 Å². The molecule has 0 radical (unpaired) electrons. The second-order valence-corrected chi connectivity index (χ2v) is 17.5. The van der Waals surface area contributed by atoms with E-state index in [1.807, 2.05) is 13.8 Å². The smallest absolute Gasteiger partial charge is 0.303 e. The van der Waals surface area contributed by atoms with E-state index in [1.54, 1.807) is 0 Å². The Kier molecular flexibility index (Phi) is 34.7. The van der Waals surface area contributed by atoms with Crippen LogP contribution in [0.4, 0.5) is 0 Å². The van der Waals surface area contributed by atoms with Crippen LogP contribution >= 0.6 is 12.6 Å². The number of carboxylic acid groups (broad SMARTS) is 2. The molecule has 2 N–H and O–H groups in total. The third-order valence-electron chi connectivity index (χ3n) is 10.8. The van der Waals surface area contributed by atoms with Gasteiger partial charge < -0.3 is 10.2 Å². The molecule has 4 atom stereocenters. The summed E-state index contributed by atoms with van der Waals surface area (Å²) >= 11 is 4.69. The summed E-state index contributed by atoms with van der Waals surface area (Å²) in [6, 6.07) is -0.961. The predicted molar refractivity (Wildman–Crippen MR) is 222 cm³/mol. The first kappa shape index (κ1) is 53.2. The Labute approximate surface area is 329 Å². The van der Waals surface area contributed by atoms with Crippen LogP contribution in [0.15, 0.2) is 0 Å². The van der Waals surface area contributed by atoms with Crippen LogP contribution in [-0.4, -0.2) is 48.8 Å². The fourth-order valence-electron chi connectivity index (χ4n) is 7.54. The molecule has 0 aromatic rings. The lowest BCUT2D eigenvalue weighted by Gasteiger charge is -2.32. The molecule has 0 saturated heterocycles. The van der Waals surface area contributed by atoms with E-state index in [9.17, 15) is 29.8 Å². The number of hydrogen-bond acceptors (Lipinski definition) is 7. The third-order valence-corrected chi connectivity index (χ3v) is 11.1. The Morgan fingerprint density at radius 2 is 0.868 bits per heavy atom. The van der Waals surface area contributed by atoms with Gasteiger partial charge in [0, 0.05) is 52.1 Å².